The van der Waals surface area contributed by atoms with Crippen LogP contribution < -0.4 is 0 Å². The first kappa shape index (κ1) is 15.5. The SMILES string of the molecule is Cn1ccnc1C1CCN(S(=O)(=O)c2cc(Cl)ccc2F)C1. The Hall–Kier alpha value is -1.44. The van der Waals surface area contributed by atoms with Gasteiger partial charge in [0, 0.05) is 43.5 Å². The van der Waals surface area contributed by atoms with Gasteiger partial charge in [-0.3, -0.25) is 0 Å². The standard InChI is InChI=1S/C14H15ClFN3O2S/c1-18-7-5-17-14(18)10-4-6-19(9-10)22(20,21)13-8-11(15)2-3-12(13)16/h2-3,5,7-8,10H,4,6,9H2,1H3. The van der Waals surface area contributed by atoms with E-state index in [0.717, 1.165) is 18.0 Å². The van der Waals surface area contributed by atoms with Crippen LogP contribution >= 0.6 is 11.6 Å². The molecule has 1 aromatic carbocycles. The fourth-order valence-corrected chi connectivity index (χ4v) is 4.57. The molecule has 5 nitrogen and oxygen atoms in total. The predicted molar refractivity (Wildman–Crippen MR) is 80.7 cm³/mol. The summed E-state index contributed by atoms with van der Waals surface area (Å²) in [5.74, 6) is 0.0612. The molecule has 22 heavy (non-hydrogen) atoms. The zero-order valence-corrected chi connectivity index (χ0v) is 13.5. The lowest BCUT2D eigenvalue weighted by molar-refractivity contribution is 0.463. The Balaban J connectivity index is 1.88. The molecule has 0 N–H and O–H groups in total. The molecule has 0 aliphatic carbocycles. The van der Waals surface area contributed by atoms with Crippen LogP contribution in [0.4, 0.5) is 4.39 Å². The smallest absolute Gasteiger partial charge is 0.246 e. The van der Waals surface area contributed by atoms with E-state index in [1.54, 1.807) is 6.20 Å². The summed E-state index contributed by atoms with van der Waals surface area (Å²) >= 11 is 5.80. The third-order valence-electron chi connectivity index (χ3n) is 3.89. The van der Waals surface area contributed by atoms with Crippen molar-refractivity contribution in [3.63, 3.8) is 0 Å². The van der Waals surface area contributed by atoms with Crippen molar-refractivity contribution in [2.45, 2.75) is 17.2 Å². The summed E-state index contributed by atoms with van der Waals surface area (Å²) in [6, 6.07) is 3.55. The van der Waals surface area contributed by atoms with Crippen LogP contribution in [0.3, 0.4) is 0 Å². The van der Waals surface area contributed by atoms with Gasteiger partial charge in [0.1, 0.15) is 16.5 Å². The van der Waals surface area contributed by atoms with Gasteiger partial charge < -0.3 is 4.57 Å². The Morgan fingerprint density at radius 3 is 2.86 bits per heavy atom. The van der Waals surface area contributed by atoms with E-state index < -0.39 is 15.8 Å². The molecular formula is C14H15ClFN3O2S. The third-order valence-corrected chi connectivity index (χ3v) is 6.00. The predicted octanol–water partition coefficient (Wildman–Crippen LogP) is 2.39. The second kappa shape index (κ2) is 5.64. The van der Waals surface area contributed by atoms with E-state index in [-0.39, 0.29) is 15.8 Å². The Morgan fingerprint density at radius 1 is 1.41 bits per heavy atom. The van der Waals surface area contributed by atoms with Gasteiger partial charge in [0.15, 0.2) is 0 Å². The second-order valence-corrected chi connectivity index (χ2v) is 7.66. The fraction of sp³-hybridized carbons (Fsp3) is 0.357. The number of halogens is 2. The number of hydrogen-bond donors (Lipinski definition) is 0. The van der Waals surface area contributed by atoms with E-state index in [2.05, 4.69) is 4.98 Å². The number of sulfonamides is 1. The van der Waals surface area contributed by atoms with Crippen LogP contribution in [0, 0.1) is 5.82 Å². The highest BCUT2D eigenvalue weighted by atomic mass is 35.5. The Morgan fingerprint density at radius 2 is 2.18 bits per heavy atom. The molecule has 0 amide bonds. The molecule has 1 saturated heterocycles. The summed E-state index contributed by atoms with van der Waals surface area (Å²) in [5, 5.41) is 0.194. The van der Waals surface area contributed by atoms with Crippen molar-refractivity contribution < 1.29 is 12.8 Å². The number of aromatic nitrogens is 2. The molecule has 3 rings (SSSR count). The van der Waals surface area contributed by atoms with Gasteiger partial charge in [0.05, 0.1) is 0 Å². The number of rotatable bonds is 3. The quantitative estimate of drug-likeness (QED) is 0.860. The fourth-order valence-electron chi connectivity index (χ4n) is 2.74. The highest BCUT2D eigenvalue weighted by molar-refractivity contribution is 7.89. The van der Waals surface area contributed by atoms with Crippen LogP contribution in [0.25, 0.3) is 0 Å². The maximum Gasteiger partial charge on any atom is 0.246 e. The first-order chi connectivity index (χ1) is 10.4. The average molecular weight is 344 g/mol. The monoisotopic (exact) mass is 343 g/mol. The molecule has 2 heterocycles. The van der Waals surface area contributed by atoms with Crippen molar-refractivity contribution in [2.75, 3.05) is 13.1 Å². The van der Waals surface area contributed by atoms with Gasteiger partial charge in [0.2, 0.25) is 10.0 Å². The van der Waals surface area contributed by atoms with Gasteiger partial charge in [-0.15, -0.1) is 0 Å². The van der Waals surface area contributed by atoms with Crippen LogP contribution in [-0.2, 0) is 17.1 Å². The van der Waals surface area contributed by atoms with E-state index in [9.17, 15) is 12.8 Å². The molecule has 1 fully saturated rings. The first-order valence-corrected chi connectivity index (χ1v) is 8.64. The molecule has 0 radical (unpaired) electrons. The summed E-state index contributed by atoms with van der Waals surface area (Å²) in [7, 11) is -2.02. The van der Waals surface area contributed by atoms with Gasteiger partial charge in [-0.25, -0.2) is 17.8 Å². The Kier molecular flexibility index (Phi) is 3.96. The lowest BCUT2D eigenvalue weighted by Gasteiger charge is -2.17. The molecular weight excluding hydrogens is 329 g/mol. The number of nitrogens with zero attached hydrogens (tertiary/aromatic N) is 3. The van der Waals surface area contributed by atoms with Gasteiger partial charge in [0.25, 0.3) is 0 Å². The number of imidazole rings is 1. The highest BCUT2D eigenvalue weighted by Crippen LogP contribution is 2.31. The minimum absolute atomic E-state index is 0.0111. The van der Waals surface area contributed by atoms with Crippen molar-refractivity contribution in [1.82, 2.24) is 13.9 Å². The molecule has 0 spiro atoms. The van der Waals surface area contributed by atoms with E-state index in [4.69, 9.17) is 11.6 Å². The van der Waals surface area contributed by atoms with Crippen molar-refractivity contribution in [1.29, 1.82) is 0 Å². The van der Waals surface area contributed by atoms with Crippen molar-refractivity contribution in [2.24, 2.45) is 7.05 Å². The van der Waals surface area contributed by atoms with Crippen LogP contribution in [0.15, 0.2) is 35.5 Å². The Bertz CT molecular complexity index is 806. The number of hydrogen-bond acceptors (Lipinski definition) is 3. The normalized spacial score (nSPS) is 19.7. The van der Waals surface area contributed by atoms with Crippen LogP contribution in [-0.4, -0.2) is 35.4 Å². The molecule has 2 aromatic rings. The maximum atomic E-state index is 13.9. The molecule has 118 valence electrons. The minimum atomic E-state index is -3.89. The third kappa shape index (κ3) is 2.64. The van der Waals surface area contributed by atoms with Gasteiger partial charge in [-0.1, -0.05) is 11.6 Å². The molecule has 0 saturated carbocycles. The zero-order chi connectivity index (χ0) is 15.9. The van der Waals surface area contributed by atoms with Crippen LogP contribution in [0.1, 0.15) is 18.2 Å². The highest BCUT2D eigenvalue weighted by Gasteiger charge is 2.36. The van der Waals surface area contributed by atoms with Gasteiger partial charge in [-0.2, -0.15) is 4.31 Å². The average Bonchev–Trinajstić information content (AvgIpc) is 3.10. The zero-order valence-electron chi connectivity index (χ0n) is 11.9. The van der Waals surface area contributed by atoms with Crippen molar-refractivity contribution >= 4 is 21.6 Å². The van der Waals surface area contributed by atoms with E-state index in [0.29, 0.717) is 19.5 Å². The molecule has 8 heteroatoms. The van der Waals surface area contributed by atoms with Gasteiger partial charge >= 0.3 is 0 Å². The molecule has 0 bridgehead atoms. The number of aryl methyl sites for hydroxylation is 1. The van der Waals surface area contributed by atoms with Crippen LogP contribution in [0.5, 0.6) is 0 Å². The maximum absolute atomic E-state index is 13.9. The lowest BCUT2D eigenvalue weighted by Crippen LogP contribution is -2.29. The second-order valence-electron chi connectivity index (χ2n) is 5.32. The molecule has 1 atom stereocenters. The van der Waals surface area contributed by atoms with Crippen LogP contribution in [0.2, 0.25) is 5.02 Å². The number of benzene rings is 1. The van der Waals surface area contributed by atoms with E-state index in [1.165, 1.54) is 10.4 Å². The summed E-state index contributed by atoms with van der Waals surface area (Å²) in [4.78, 5) is 3.89. The molecule has 1 unspecified atom stereocenters. The summed E-state index contributed by atoms with van der Waals surface area (Å²) in [6.45, 7) is 0.630. The molecule has 1 aromatic heterocycles. The summed E-state index contributed by atoms with van der Waals surface area (Å²) < 4.78 is 42.3. The largest absolute Gasteiger partial charge is 0.338 e. The first-order valence-electron chi connectivity index (χ1n) is 6.82. The minimum Gasteiger partial charge on any atom is -0.338 e. The van der Waals surface area contributed by atoms with Crippen molar-refractivity contribution in [3.05, 3.63) is 47.3 Å². The Labute approximate surface area is 133 Å². The summed E-state index contributed by atoms with van der Waals surface area (Å²) in [5.41, 5.74) is 0. The van der Waals surface area contributed by atoms with Gasteiger partial charge in [-0.05, 0) is 24.6 Å². The lowest BCUT2D eigenvalue weighted by atomic mass is 10.1. The van der Waals surface area contributed by atoms with E-state index >= 15 is 0 Å². The molecule has 1 aliphatic rings. The molecule has 1 aliphatic heterocycles. The summed E-state index contributed by atoms with van der Waals surface area (Å²) in [6.07, 6.45) is 4.17. The topological polar surface area (TPSA) is 55.2 Å². The van der Waals surface area contributed by atoms with E-state index in [1.807, 2.05) is 17.8 Å². The van der Waals surface area contributed by atoms with Crippen molar-refractivity contribution in [3.8, 4) is 0 Å².